The number of rotatable bonds is 9. The fourth-order valence-corrected chi connectivity index (χ4v) is 4.76. The van der Waals surface area contributed by atoms with Gasteiger partial charge in [0.05, 0.1) is 24.4 Å². The van der Waals surface area contributed by atoms with Crippen molar-refractivity contribution in [2.45, 2.75) is 12.8 Å². The highest BCUT2D eigenvalue weighted by Crippen LogP contribution is 2.28. The van der Waals surface area contributed by atoms with Gasteiger partial charge in [-0.15, -0.1) is 0 Å². The molecule has 0 unspecified atom stereocenters. The number of anilines is 2. The summed E-state index contributed by atoms with van der Waals surface area (Å²) in [6, 6.07) is 16.1. The van der Waals surface area contributed by atoms with Crippen LogP contribution in [0.4, 0.5) is 11.4 Å². The van der Waals surface area contributed by atoms with E-state index in [9.17, 15) is 9.59 Å². The van der Waals surface area contributed by atoms with Gasteiger partial charge in [-0.05, 0) is 67.3 Å². The second-order valence-corrected chi connectivity index (χ2v) is 9.37. The first-order valence-electron chi connectivity index (χ1n) is 12.1. The molecule has 2 heterocycles. The molecule has 1 aliphatic heterocycles. The van der Waals surface area contributed by atoms with Gasteiger partial charge in [-0.2, -0.15) is 0 Å². The molecule has 36 heavy (non-hydrogen) atoms. The van der Waals surface area contributed by atoms with Crippen molar-refractivity contribution in [3.05, 3.63) is 83.1 Å². The lowest BCUT2D eigenvalue weighted by Crippen LogP contribution is -2.43. The molecule has 0 saturated carbocycles. The number of ether oxygens (including phenoxy) is 1. The topological polar surface area (TPSA) is 74.8 Å². The van der Waals surface area contributed by atoms with Gasteiger partial charge in [-0.3, -0.25) is 14.6 Å². The molecular formula is C28H31ClN4O3. The van der Waals surface area contributed by atoms with E-state index in [1.807, 2.05) is 17.0 Å². The third-order valence-corrected chi connectivity index (χ3v) is 7.04. The van der Waals surface area contributed by atoms with E-state index in [0.29, 0.717) is 33.5 Å². The van der Waals surface area contributed by atoms with E-state index in [4.69, 9.17) is 16.3 Å². The van der Waals surface area contributed by atoms with Crippen molar-refractivity contribution >= 4 is 34.7 Å². The third kappa shape index (κ3) is 6.15. The first-order chi connectivity index (χ1) is 17.5. The van der Waals surface area contributed by atoms with Crippen LogP contribution in [0.3, 0.4) is 0 Å². The molecule has 0 atom stereocenters. The SMILES string of the molecule is COc1ccc(C(=O)c2cccc(NCC(=O)N3CCC(CN(C)c4ccncc4)CC3)c2Cl)cc1. The Bertz CT molecular complexity index is 1180. The number of benzene rings is 2. The number of carbonyl (C=O) groups is 2. The van der Waals surface area contributed by atoms with E-state index in [0.717, 1.165) is 38.2 Å². The Labute approximate surface area is 217 Å². The summed E-state index contributed by atoms with van der Waals surface area (Å²) in [7, 11) is 3.67. The third-order valence-electron chi connectivity index (χ3n) is 6.63. The first kappa shape index (κ1) is 25.5. The standard InChI is InChI=1S/C28H31ClN4O3/c1-32(22-10-14-30-15-11-22)19-20-12-16-33(17-13-20)26(34)18-31-25-5-3-4-24(27(25)29)28(35)21-6-8-23(36-2)9-7-21/h3-11,14-15,20,31H,12-13,16-19H2,1-2H3. The first-order valence-corrected chi connectivity index (χ1v) is 12.4. The molecule has 0 aliphatic carbocycles. The van der Waals surface area contributed by atoms with Gasteiger partial charge < -0.3 is 19.9 Å². The number of likely N-dealkylation sites (tertiary alicyclic amines) is 1. The fourth-order valence-electron chi connectivity index (χ4n) is 4.48. The van der Waals surface area contributed by atoms with Crippen LogP contribution in [0.5, 0.6) is 5.75 Å². The minimum Gasteiger partial charge on any atom is -0.497 e. The van der Waals surface area contributed by atoms with Gasteiger partial charge in [0, 0.05) is 55.9 Å². The highest BCUT2D eigenvalue weighted by Gasteiger charge is 2.24. The Hall–Kier alpha value is -3.58. The number of ketones is 1. The van der Waals surface area contributed by atoms with E-state index in [1.165, 1.54) is 0 Å². The number of methoxy groups -OCH3 is 1. The Morgan fingerprint density at radius 1 is 1.08 bits per heavy atom. The van der Waals surface area contributed by atoms with Crippen LogP contribution in [0, 0.1) is 5.92 Å². The van der Waals surface area contributed by atoms with Crippen LogP contribution >= 0.6 is 11.6 Å². The number of pyridine rings is 1. The van der Waals surface area contributed by atoms with Crippen molar-refractivity contribution in [2.24, 2.45) is 5.92 Å². The average Bonchev–Trinajstić information content (AvgIpc) is 2.93. The van der Waals surface area contributed by atoms with E-state index < -0.39 is 0 Å². The number of hydrogen-bond donors (Lipinski definition) is 1. The second-order valence-electron chi connectivity index (χ2n) is 8.99. The molecule has 1 amide bonds. The molecule has 7 nitrogen and oxygen atoms in total. The van der Waals surface area contributed by atoms with Gasteiger partial charge in [0.2, 0.25) is 5.91 Å². The molecule has 1 saturated heterocycles. The summed E-state index contributed by atoms with van der Waals surface area (Å²) in [4.78, 5) is 34.0. The number of nitrogens with one attached hydrogen (secondary N) is 1. The number of halogens is 1. The quantitative estimate of drug-likeness (QED) is 0.422. The zero-order valence-electron chi connectivity index (χ0n) is 20.6. The van der Waals surface area contributed by atoms with Crippen molar-refractivity contribution in [3.63, 3.8) is 0 Å². The number of carbonyl (C=O) groups excluding carboxylic acids is 2. The van der Waals surface area contributed by atoms with Gasteiger partial charge >= 0.3 is 0 Å². The van der Waals surface area contributed by atoms with E-state index in [-0.39, 0.29) is 18.2 Å². The molecular weight excluding hydrogens is 476 g/mol. The number of hydrogen-bond acceptors (Lipinski definition) is 6. The smallest absolute Gasteiger partial charge is 0.241 e. The van der Waals surface area contributed by atoms with Crippen LogP contribution in [-0.2, 0) is 4.79 Å². The zero-order chi connectivity index (χ0) is 25.5. The highest BCUT2D eigenvalue weighted by molar-refractivity contribution is 6.37. The summed E-state index contributed by atoms with van der Waals surface area (Å²) in [5, 5.41) is 3.44. The highest BCUT2D eigenvalue weighted by atomic mass is 35.5. The zero-order valence-corrected chi connectivity index (χ0v) is 21.4. The van der Waals surface area contributed by atoms with Gasteiger partial charge in [0.15, 0.2) is 5.78 Å². The predicted octanol–water partition coefficient (Wildman–Crippen LogP) is 4.76. The number of nitrogens with zero attached hydrogens (tertiary/aromatic N) is 3. The van der Waals surface area contributed by atoms with E-state index in [1.54, 1.807) is 62.0 Å². The van der Waals surface area contributed by atoms with Crippen LogP contribution in [0.1, 0.15) is 28.8 Å². The molecule has 1 aromatic heterocycles. The number of amides is 1. The van der Waals surface area contributed by atoms with E-state index >= 15 is 0 Å². The summed E-state index contributed by atoms with van der Waals surface area (Å²) in [5.41, 5.74) is 2.62. The second kappa shape index (κ2) is 11.9. The molecule has 0 spiro atoms. The molecule has 1 fully saturated rings. The molecule has 0 radical (unpaired) electrons. The Morgan fingerprint density at radius 3 is 2.44 bits per heavy atom. The Morgan fingerprint density at radius 2 is 1.78 bits per heavy atom. The minimum atomic E-state index is -0.184. The van der Waals surface area contributed by atoms with Crippen molar-refractivity contribution < 1.29 is 14.3 Å². The maximum atomic E-state index is 13.0. The molecule has 2 aromatic carbocycles. The van der Waals surface area contributed by atoms with E-state index in [2.05, 4.69) is 22.2 Å². The van der Waals surface area contributed by atoms with Crippen LogP contribution in [-0.4, -0.2) is 61.9 Å². The Balaban J connectivity index is 1.29. The van der Waals surface area contributed by atoms with Gasteiger partial charge in [-0.1, -0.05) is 17.7 Å². The maximum absolute atomic E-state index is 13.0. The molecule has 0 bridgehead atoms. The average molecular weight is 507 g/mol. The van der Waals surface area contributed by atoms with Crippen molar-refractivity contribution in [3.8, 4) is 5.75 Å². The molecule has 188 valence electrons. The number of aromatic nitrogens is 1. The minimum absolute atomic E-state index is 0.0267. The molecule has 8 heteroatoms. The number of piperidine rings is 1. The lowest BCUT2D eigenvalue weighted by atomic mass is 9.96. The maximum Gasteiger partial charge on any atom is 0.241 e. The molecule has 3 aromatic rings. The van der Waals surface area contributed by atoms with Crippen LogP contribution in [0.2, 0.25) is 5.02 Å². The normalized spacial score (nSPS) is 13.8. The predicted molar refractivity (Wildman–Crippen MR) is 143 cm³/mol. The lowest BCUT2D eigenvalue weighted by Gasteiger charge is -2.34. The monoisotopic (exact) mass is 506 g/mol. The van der Waals surface area contributed by atoms with Crippen LogP contribution in [0.15, 0.2) is 67.0 Å². The fraction of sp³-hybridized carbons (Fsp3) is 0.321. The summed E-state index contributed by atoms with van der Waals surface area (Å²) in [5.74, 6) is 1.06. The van der Waals surface area contributed by atoms with Crippen molar-refractivity contribution in [2.75, 3.05) is 50.6 Å². The summed E-state index contributed by atoms with van der Waals surface area (Å²) < 4.78 is 5.16. The lowest BCUT2D eigenvalue weighted by molar-refractivity contribution is -0.130. The van der Waals surface area contributed by atoms with Gasteiger partial charge in [0.1, 0.15) is 5.75 Å². The molecule has 1 N–H and O–H groups in total. The van der Waals surface area contributed by atoms with Gasteiger partial charge in [0.25, 0.3) is 0 Å². The molecule has 1 aliphatic rings. The van der Waals surface area contributed by atoms with Crippen molar-refractivity contribution in [1.29, 1.82) is 0 Å². The molecule has 4 rings (SSSR count). The summed E-state index contributed by atoms with van der Waals surface area (Å²) in [6.07, 6.45) is 5.54. The van der Waals surface area contributed by atoms with Crippen molar-refractivity contribution in [1.82, 2.24) is 9.88 Å². The van der Waals surface area contributed by atoms with Crippen LogP contribution in [0.25, 0.3) is 0 Å². The van der Waals surface area contributed by atoms with Gasteiger partial charge in [-0.25, -0.2) is 0 Å². The largest absolute Gasteiger partial charge is 0.497 e. The summed E-state index contributed by atoms with van der Waals surface area (Å²) >= 11 is 6.56. The van der Waals surface area contributed by atoms with Crippen LogP contribution < -0.4 is 15.0 Å². The summed E-state index contributed by atoms with van der Waals surface area (Å²) in [6.45, 7) is 2.55. The Kier molecular flexibility index (Phi) is 8.44.